The molecule has 1 aliphatic rings. The van der Waals surface area contributed by atoms with Crippen LogP contribution in [0.4, 0.5) is 0 Å². The number of carbonyl (C=O) groups is 1. The van der Waals surface area contributed by atoms with E-state index in [1.165, 1.54) is 15.4 Å². The first kappa shape index (κ1) is 18.1. The molecule has 0 spiro atoms. The van der Waals surface area contributed by atoms with Crippen LogP contribution < -0.4 is 5.32 Å². The third-order valence-electron chi connectivity index (χ3n) is 4.52. The van der Waals surface area contributed by atoms with E-state index >= 15 is 0 Å². The molecule has 1 amide bonds. The van der Waals surface area contributed by atoms with Crippen molar-refractivity contribution in [3.8, 4) is 0 Å². The summed E-state index contributed by atoms with van der Waals surface area (Å²) in [5.41, 5.74) is 2.37. The summed E-state index contributed by atoms with van der Waals surface area (Å²) in [4.78, 5) is 19.3. The van der Waals surface area contributed by atoms with Crippen molar-refractivity contribution in [2.75, 3.05) is 14.1 Å². The molecule has 1 aliphatic carbocycles. The number of rotatable bonds is 6. The molecule has 0 radical (unpaired) electrons. The first-order valence-corrected chi connectivity index (χ1v) is 9.70. The van der Waals surface area contributed by atoms with Crippen molar-refractivity contribution in [3.05, 3.63) is 33.5 Å². The zero-order valence-corrected chi connectivity index (χ0v) is 16.3. The largest absolute Gasteiger partial charge is 0.347 e. The Hall–Kier alpha value is -1.73. The maximum absolute atomic E-state index is 11.9. The number of thiazole rings is 1. The van der Waals surface area contributed by atoms with Crippen molar-refractivity contribution in [2.45, 2.75) is 58.2 Å². The van der Waals surface area contributed by atoms with E-state index < -0.39 is 0 Å². The first-order chi connectivity index (χ1) is 11.9. The summed E-state index contributed by atoms with van der Waals surface area (Å²) in [6, 6.07) is 0.254. The average molecular weight is 362 g/mol. The maximum atomic E-state index is 11.9. The molecule has 3 rings (SSSR count). The Morgan fingerprint density at radius 1 is 1.48 bits per heavy atom. The molecule has 136 valence electrons. The van der Waals surface area contributed by atoms with Gasteiger partial charge in [-0.25, -0.2) is 4.98 Å². The van der Waals surface area contributed by atoms with Gasteiger partial charge in [-0.3, -0.25) is 9.48 Å². The van der Waals surface area contributed by atoms with E-state index in [1.54, 1.807) is 35.0 Å². The van der Waals surface area contributed by atoms with Crippen LogP contribution in [-0.4, -0.2) is 39.7 Å². The summed E-state index contributed by atoms with van der Waals surface area (Å²) in [6.45, 7) is 5.47. The van der Waals surface area contributed by atoms with E-state index in [0.29, 0.717) is 12.5 Å². The van der Waals surface area contributed by atoms with Crippen molar-refractivity contribution in [2.24, 2.45) is 0 Å². The minimum Gasteiger partial charge on any atom is -0.347 e. The number of hydrogen-bond acceptors (Lipinski definition) is 5. The van der Waals surface area contributed by atoms with Gasteiger partial charge in [0.1, 0.15) is 6.54 Å². The molecule has 0 fully saturated rings. The third kappa shape index (κ3) is 4.27. The summed E-state index contributed by atoms with van der Waals surface area (Å²) in [6.07, 6.45) is 7.29. The number of nitrogens with zero attached hydrogens (tertiary/aromatic N) is 4. The quantitative estimate of drug-likeness (QED) is 0.859. The number of nitrogens with one attached hydrogen (secondary N) is 1. The van der Waals surface area contributed by atoms with E-state index in [1.807, 2.05) is 12.4 Å². The smallest absolute Gasteiger partial charge is 0.243 e. The van der Waals surface area contributed by atoms with Crippen LogP contribution >= 0.6 is 11.3 Å². The number of fused-ring (bicyclic) bond motifs is 1. The van der Waals surface area contributed by atoms with Gasteiger partial charge >= 0.3 is 0 Å². The molecular formula is C18H27N5OS. The highest BCUT2D eigenvalue weighted by Gasteiger charge is 2.24. The number of likely N-dealkylation sites (N-methyl/N-ethyl adjacent to an activating group) is 1. The molecule has 2 aromatic heterocycles. The molecular weight excluding hydrogens is 334 g/mol. The van der Waals surface area contributed by atoms with Crippen LogP contribution in [0.3, 0.4) is 0 Å². The van der Waals surface area contributed by atoms with Gasteiger partial charge in [-0.15, -0.1) is 11.3 Å². The summed E-state index contributed by atoms with van der Waals surface area (Å²) in [7, 11) is 3.55. The normalized spacial score (nSPS) is 16.9. The summed E-state index contributed by atoms with van der Waals surface area (Å²) >= 11 is 1.78. The Kier molecular flexibility index (Phi) is 5.54. The van der Waals surface area contributed by atoms with E-state index in [4.69, 9.17) is 5.10 Å². The molecule has 0 aromatic carbocycles. The van der Waals surface area contributed by atoms with E-state index in [2.05, 4.69) is 24.1 Å². The number of carbonyl (C=O) groups excluding carboxylic acids is 1. The molecule has 1 N–H and O–H groups in total. The maximum Gasteiger partial charge on any atom is 0.243 e. The number of aromatic nitrogens is 3. The van der Waals surface area contributed by atoms with Gasteiger partial charge in [-0.05, 0) is 24.8 Å². The van der Waals surface area contributed by atoms with Gasteiger partial charge in [0.05, 0.1) is 16.7 Å². The Morgan fingerprint density at radius 3 is 2.96 bits per heavy atom. The van der Waals surface area contributed by atoms with Gasteiger partial charge in [0.25, 0.3) is 0 Å². The number of hydrogen-bond donors (Lipinski definition) is 1. The van der Waals surface area contributed by atoms with Crippen LogP contribution in [0.25, 0.3) is 0 Å². The second kappa shape index (κ2) is 7.66. The van der Waals surface area contributed by atoms with Gasteiger partial charge in [-0.1, -0.05) is 13.8 Å². The Bertz CT molecular complexity index is 734. The third-order valence-corrected chi connectivity index (χ3v) is 5.82. The molecule has 0 unspecified atom stereocenters. The molecule has 2 heterocycles. The van der Waals surface area contributed by atoms with Crippen LogP contribution in [0.15, 0.2) is 12.4 Å². The van der Waals surface area contributed by atoms with Crippen molar-refractivity contribution in [1.29, 1.82) is 0 Å². The molecule has 25 heavy (non-hydrogen) atoms. The zero-order valence-electron chi connectivity index (χ0n) is 15.5. The van der Waals surface area contributed by atoms with Gasteiger partial charge in [0, 0.05) is 43.8 Å². The second-order valence-corrected chi connectivity index (χ2v) is 8.32. The SMILES string of the molecule is CC(C)c1ncc(CN[C@@H]2CCCc3cn(CC(=O)N(C)C)nc32)s1. The van der Waals surface area contributed by atoms with E-state index in [-0.39, 0.29) is 11.9 Å². The molecule has 6 nitrogen and oxygen atoms in total. The lowest BCUT2D eigenvalue weighted by atomic mass is 9.94. The zero-order chi connectivity index (χ0) is 18.0. The predicted octanol–water partition coefficient (Wildman–Crippen LogP) is 2.72. The van der Waals surface area contributed by atoms with Gasteiger partial charge in [0.2, 0.25) is 5.91 Å². The van der Waals surface area contributed by atoms with Crippen LogP contribution in [0.5, 0.6) is 0 Å². The van der Waals surface area contributed by atoms with Crippen LogP contribution in [0, 0.1) is 0 Å². The van der Waals surface area contributed by atoms with E-state index in [0.717, 1.165) is 31.5 Å². The van der Waals surface area contributed by atoms with Crippen LogP contribution in [0.1, 0.15) is 59.8 Å². The second-order valence-electron chi connectivity index (χ2n) is 7.17. The summed E-state index contributed by atoms with van der Waals surface area (Å²) in [5.74, 6) is 0.542. The fraction of sp³-hybridized carbons (Fsp3) is 0.611. The lowest BCUT2D eigenvalue weighted by molar-refractivity contribution is -0.129. The molecule has 0 saturated carbocycles. The lowest BCUT2D eigenvalue weighted by Gasteiger charge is -2.22. The van der Waals surface area contributed by atoms with Crippen molar-refractivity contribution in [3.63, 3.8) is 0 Å². The topological polar surface area (TPSA) is 63.1 Å². The Morgan fingerprint density at radius 2 is 2.28 bits per heavy atom. The minimum atomic E-state index is 0.0650. The van der Waals surface area contributed by atoms with Crippen molar-refractivity contribution >= 4 is 17.2 Å². The molecule has 7 heteroatoms. The van der Waals surface area contributed by atoms with Gasteiger partial charge < -0.3 is 10.2 Å². The Labute approximate surface area is 153 Å². The summed E-state index contributed by atoms with van der Waals surface area (Å²) < 4.78 is 1.79. The molecule has 2 aromatic rings. The van der Waals surface area contributed by atoms with Crippen LogP contribution in [0.2, 0.25) is 0 Å². The monoisotopic (exact) mass is 361 g/mol. The summed E-state index contributed by atoms with van der Waals surface area (Å²) in [5, 5.41) is 9.52. The number of amides is 1. The highest BCUT2D eigenvalue weighted by atomic mass is 32.1. The van der Waals surface area contributed by atoms with E-state index in [9.17, 15) is 4.79 Å². The fourth-order valence-electron chi connectivity index (χ4n) is 3.05. The first-order valence-electron chi connectivity index (χ1n) is 8.88. The standard InChI is InChI=1S/C18H27N5OS/c1-12(2)18-20-9-14(25-18)8-19-15-7-5-6-13-10-23(21-17(13)15)11-16(24)22(3)4/h9-10,12,15,19H,5-8,11H2,1-4H3/t15-/m1/s1. The van der Waals surface area contributed by atoms with Crippen molar-refractivity contribution in [1.82, 2.24) is 25.0 Å². The molecule has 0 bridgehead atoms. The van der Waals surface area contributed by atoms with Gasteiger partial charge in [0.15, 0.2) is 0 Å². The van der Waals surface area contributed by atoms with Gasteiger partial charge in [-0.2, -0.15) is 5.10 Å². The van der Waals surface area contributed by atoms with Crippen molar-refractivity contribution < 1.29 is 4.79 Å². The molecule has 0 aliphatic heterocycles. The minimum absolute atomic E-state index is 0.0650. The molecule has 0 saturated heterocycles. The highest BCUT2D eigenvalue weighted by molar-refractivity contribution is 7.11. The lowest BCUT2D eigenvalue weighted by Crippen LogP contribution is -2.27. The Balaban J connectivity index is 1.66. The average Bonchev–Trinajstić information content (AvgIpc) is 3.19. The predicted molar refractivity (Wildman–Crippen MR) is 99.6 cm³/mol. The van der Waals surface area contributed by atoms with Crippen LogP contribution in [-0.2, 0) is 24.3 Å². The highest BCUT2D eigenvalue weighted by Crippen LogP contribution is 2.29. The fourth-order valence-corrected chi connectivity index (χ4v) is 3.92. The molecule has 1 atom stereocenters. The number of aryl methyl sites for hydroxylation is 1.